The number of aryl methyl sites for hydroxylation is 2. The number of benzene rings is 1. The topological polar surface area (TPSA) is 64.0 Å². The Bertz CT molecular complexity index is 1050. The number of carbonyl (C=O) groups is 1. The van der Waals surface area contributed by atoms with Gasteiger partial charge < -0.3 is 5.32 Å². The van der Waals surface area contributed by atoms with Gasteiger partial charge in [-0.15, -0.1) is 11.3 Å². The molecule has 1 aliphatic heterocycles. The van der Waals surface area contributed by atoms with E-state index in [2.05, 4.69) is 10.3 Å². The van der Waals surface area contributed by atoms with Crippen LogP contribution in [0.5, 0.6) is 0 Å². The molecule has 0 unspecified atom stereocenters. The predicted molar refractivity (Wildman–Crippen MR) is 101 cm³/mol. The number of hydrogen-bond acceptors (Lipinski definition) is 4. The van der Waals surface area contributed by atoms with Crippen LogP contribution in [-0.4, -0.2) is 15.5 Å². The molecule has 1 aromatic carbocycles. The van der Waals surface area contributed by atoms with E-state index in [1.54, 1.807) is 28.8 Å². The fraction of sp³-hybridized carbons (Fsp3) is 0.278. The Morgan fingerprint density at radius 1 is 1.36 bits per heavy atom. The van der Waals surface area contributed by atoms with E-state index in [0.29, 0.717) is 37.9 Å². The summed E-state index contributed by atoms with van der Waals surface area (Å²) in [5.41, 5.74) is 1.28. The van der Waals surface area contributed by atoms with Crippen molar-refractivity contribution in [2.75, 3.05) is 5.32 Å². The first-order valence-electron chi connectivity index (χ1n) is 8.14. The third-order valence-corrected chi connectivity index (χ3v) is 5.87. The van der Waals surface area contributed by atoms with Gasteiger partial charge in [-0.25, -0.2) is 4.98 Å². The third kappa shape index (κ3) is 2.85. The minimum atomic E-state index is -0.245. The van der Waals surface area contributed by atoms with Crippen LogP contribution in [0.2, 0.25) is 5.02 Å². The number of halogens is 1. The van der Waals surface area contributed by atoms with E-state index in [9.17, 15) is 9.59 Å². The zero-order chi connectivity index (χ0) is 17.6. The molecule has 128 valence electrons. The lowest BCUT2D eigenvalue weighted by molar-refractivity contribution is 0.103. The second kappa shape index (κ2) is 6.28. The molecular formula is C18H16ClN3O2S. The highest BCUT2D eigenvalue weighted by Gasteiger charge is 2.22. The summed E-state index contributed by atoms with van der Waals surface area (Å²) in [4.78, 5) is 31.3. The number of amides is 1. The molecule has 1 amide bonds. The van der Waals surface area contributed by atoms with E-state index in [4.69, 9.17) is 11.6 Å². The van der Waals surface area contributed by atoms with E-state index in [1.165, 1.54) is 11.3 Å². The monoisotopic (exact) mass is 373 g/mol. The van der Waals surface area contributed by atoms with Crippen molar-refractivity contribution < 1.29 is 4.79 Å². The fourth-order valence-corrected chi connectivity index (χ4v) is 4.48. The van der Waals surface area contributed by atoms with Crippen LogP contribution in [-0.2, 0) is 13.0 Å². The highest BCUT2D eigenvalue weighted by Crippen LogP contribution is 2.29. The molecule has 0 atom stereocenters. The molecule has 0 aliphatic carbocycles. The normalized spacial score (nSPS) is 13.7. The number of hydrogen-bond donors (Lipinski definition) is 1. The zero-order valence-electron chi connectivity index (χ0n) is 13.6. The van der Waals surface area contributed by atoms with Crippen molar-refractivity contribution in [3.63, 3.8) is 0 Å². The van der Waals surface area contributed by atoms with Crippen molar-refractivity contribution in [1.82, 2.24) is 9.55 Å². The Kier molecular flexibility index (Phi) is 4.09. The van der Waals surface area contributed by atoms with Crippen molar-refractivity contribution in [1.29, 1.82) is 0 Å². The van der Waals surface area contributed by atoms with Crippen LogP contribution in [0.4, 0.5) is 5.69 Å². The summed E-state index contributed by atoms with van der Waals surface area (Å²) in [5, 5.41) is 3.96. The fourth-order valence-electron chi connectivity index (χ4n) is 3.20. The van der Waals surface area contributed by atoms with Crippen LogP contribution in [0.15, 0.2) is 29.1 Å². The average Bonchev–Trinajstić information content (AvgIpc) is 2.92. The summed E-state index contributed by atoms with van der Waals surface area (Å²) >= 11 is 7.23. The molecule has 0 bridgehead atoms. The molecule has 3 aromatic rings. The zero-order valence-corrected chi connectivity index (χ0v) is 15.2. The molecule has 3 heterocycles. The van der Waals surface area contributed by atoms with E-state index < -0.39 is 0 Å². The van der Waals surface area contributed by atoms with Crippen LogP contribution in [0.25, 0.3) is 10.2 Å². The lowest BCUT2D eigenvalue weighted by Crippen LogP contribution is -2.28. The van der Waals surface area contributed by atoms with Crippen molar-refractivity contribution >= 4 is 44.7 Å². The largest absolute Gasteiger partial charge is 0.321 e. The van der Waals surface area contributed by atoms with Gasteiger partial charge in [0, 0.05) is 23.7 Å². The van der Waals surface area contributed by atoms with Gasteiger partial charge in [0.05, 0.1) is 10.3 Å². The van der Waals surface area contributed by atoms with Gasteiger partial charge in [0.15, 0.2) is 0 Å². The second-order valence-electron chi connectivity index (χ2n) is 6.14. The Morgan fingerprint density at radius 2 is 2.20 bits per heavy atom. The standard InChI is InChI=1S/C18H16ClN3O2S/c1-10-14-17(21-13-7-2-3-8-22(13)18(14)24)25-15(10)16(23)20-12-6-4-5-11(19)9-12/h4-6,9H,2-3,7-8H2,1H3,(H,20,23). The first-order valence-corrected chi connectivity index (χ1v) is 9.34. The summed E-state index contributed by atoms with van der Waals surface area (Å²) in [6, 6.07) is 6.99. The Balaban J connectivity index is 1.78. The lowest BCUT2D eigenvalue weighted by atomic mass is 10.1. The number of carbonyl (C=O) groups excluding carboxylic acids is 1. The Morgan fingerprint density at radius 3 is 3.00 bits per heavy atom. The van der Waals surface area contributed by atoms with E-state index in [0.717, 1.165) is 25.1 Å². The average molecular weight is 374 g/mol. The summed E-state index contributed by atoms with van der Waals surface area (Å²) in [6.45, 7) is 2.51. The van der Waals surface area contributed by atoms with Crippen LogP contribution < -0.4 is 10.9 Å². The second-order valence-corrected chi connectivity index (χ2v) is 7.58. The maximum absolute atomic E-state index is 12.8. The van der Waals surface area contributed by atoms with Crippen molar-refractivity contribution in [2.45, 2.75) is 32.7 Å². The van der Waals surface area contributed by atoms with Crippen LogP contribution >= 0.6 is 22.9 Å². The van der Waals surface area contributed by atoms with E-state index >= 15 is 0 Å². The van der Waals surface area contributed by atoms with Gasteiger partial charge in [0.25, 0.3) is 11.5 Å². The number of fused-ring (bicyclic) bond motifs is 2. The summed E-state index contributed by atoms with van der Waals surface area (Å²) < 4.78 is 1.75. The summed E-state index contributed by atoms with van der Waals surface area (Å²) in [6.07, 6.45) is 2.85. The first-order chi connectivity index (χ1) is 12.0. The van der Waals surface area contributed by atoms with Gasteiger partial charge in [0.1, 0.15) is 10.7 Å². The quantitative estimate of drug-likeness (QED) is 0.738. The SMILES string of the molecule is Cc1c(C(=O)Nc2cccc(Cl)c2)sc2nc3n(c(=O)c12)CCCC3. The van der Waals surface area contributed by atoms with Gasteiger partial charge in [-0.1, -0.05) is 17.7 Å². The molecule has 1 aliphatic rings. The van der Waals surface area contributed by atoms with Gasteiger partial charge in [-0.3, -0.25) is 14.2 Å². The third-order valence-electron chi connectivity index (χ3n) is 4.45. The minimum absolute atomic E-state index is 0.0322. The maximum Gasteiger partial charge on any atom is 0.266 e. The van der Waals surface area contributed by atoms with Crippen molar-refractivity contribution in [2.24, 2.45) is 0 Å². The highest BCUT2D eigenvalue weighted by atomic mass is 35.5. The number of rotatable bonds is 2. The molecule has 5 nitrogen and oxygen atoms in total. The van der Waals surface area contributed by atoms with Crippen LogP contribution in [0.3, 0.4) is 0 Å². The van der Waals surface area contributed by atoms with Gasteiger partial charge in [0.2, 0.25) is 0 Å². The van der Waals surface area contributed by atoms with E-state index in [1.807, 2.05) is 6.92 Å². The Hall–Kier alpha value is -2.18. The summed E-state index contributed by atoms with van der Waals surface area (Å²) in [5.74, 6) is 0.580. The molecule has 0 spiro atoms. The van der Waals surface area contributed by atoms with Gasteiger partial charge in [-0.2, -0.15) is 0 Å². The molecule has 2 aromatic heterocycles. The van der Waals surface area contributed by atoms with Crippen molar-refractivity contribution in [3.05, 3.63) is 55.9 Å². The highest BCUT2D eigenvalue weighted by molar-refractivity contribution is 7.20. The molecule has 1 N–H and O–H groups in total. The van der Waals surface area contributed by atoms with Gasteiger partial charge in [-0.05, 0) is 43.5 Å². The van der Waals surface area contributed by atoms with Gasteiger partial charge >= 0.3 is 0 Å². The Labute approximate surface area is 153 Å². The molecule has 0 saturated heterocycles. The van der Waals surface area contributed by atoms with Crippen LogP contribution in [0.1, 0.15) is 33.9 Å². The predicted octanol–water partition coefficient (Wildman–Crippen LogP) is 4.01. The number of nitrogens with zero attached hydrogens (tertiary/aromatic N) is 2. The lowest BCUT2D eigenvalue weighted by Gasteiger charge is -2.16. The first kappa shape index (κ1) is 16.3. The molecule has 0 saturated carbocycles. The molecule has 0 radical (unpaired) electrons. The summed E-state index contributed by atoms with van der Waals surface area (Å²) in [7, 11) is 0. The number of thiophene rings is 1. The van der Waals surface area contributed by atoms with Crippen molar-refractivity contribution in [3.8, 4) is 0 Å². The molecule has 4 rings (SSSR count). The molecule has 0 fully saturated rings. The smallest absolute Gasteiger partial charge is 0.266 e. The maximum atomic E-state index is 12.8. The number of aromatic nitrogens is 2. The number of anilines is 1. The molecular weight excluding hydrogens is 358 g/mol. The molecule has 7 heteroatoms. The van der Waals surface area contributed by atoms with E-state index in [-0.39, 0.29) is 11.5 Å². The number of nitrogens with one attached hydrogen (secondary N) is 1. The van der Waals surface area contributed by atoms with Crippen LogP contribution in [0, 0.1) is 6.92 Å². The minimum Gasteiger partial charge on any atom is -0.321 e. The molecule has 25 heavy (non-hydrogen) atoms.